The highest BCUT2D eigenvalue weighted by Gasteiger charge is 2.16. The molecule has 0 aliphatic carbocycles. The van der Waals surface area contributed by atoms with Gasteiger partial charge in [0.1, 0.15) is 0 Å². The number of amides is 2. The molecule has 0 aliphatic heterocycles. The minimum atomic E-state index is -0.402. The average Bonchev–Trinajstić information content (AvgIpc) is 2.58. The van der Waals surface area contributed by atoms with Gasteiger partial charge in [-0.25, -0.2) is 0 Å². The molecule has 0 fully saturated rings. The molecular formula is C17H17Cl2N3O2. The van der Waals surface area contributed by atoms with Crippen molar-refractivity contribution in [2.45, 2.75) is 13.8 Å². The van der Waals surface area contributed by atoms with Crippen molar-refractivity contribution >= 4 is 40.7 Å². The Morgan fingerprint density at radius 3 is 2.38 bits per heavy atom. The maximum atomic E-state index is 12.4. The molecule has 0 bridgehead atoms. The quantitative estimate of drug-likeness (QED) is 0.866. The molecule has 1 N–H and O–H groups in total. The first-order valence-corrected chi connectivity index (χ1v) is 8.22. The van der Waals surface area contributed by atoms with Crippen molar-refractivity contribution in [2.24, 2.45) is 0 Å². The zero-order valence-corrected chi connectivity index (χ0v) is 14.9. The molecule has 126 valence electrons. The Morgan fingerprint density at radius 1 is 1.08 bits per heavy atom. The lowest BCUT2D eigenvalue weighted by molar-refractivity contribution is 0.0772. The summed E-state index contributed by atoms with van der Waals surface area (Å²) in [5, 5.41) is 3.49. The Morgan fingerprint density at radius 2 is 1.75 bits per heavy atom. The van der Waals surface area contributed by atoms with Crippen LogP contribution >= 0.6 is 23.2 Å². The highest BCUT2D eigenvalue weighted by molar-refractivity contribution is 6.36. The van der Waals surface area contributed by atoms with Crippen molar-refractivity contribution in [2.75, 3.05) is 18.4 Å². The van der Waals surface area contributed by atoms with Crippen molar-refractivity contribution in [1.29, 1.82) is 0 Å². The molecule has 1 aromatic heterocycles. The van der Waals surface area contributed by atoms with Gasteiger partial charge in [-0.2, -0.15) is 0 Å². The monoisotopic (exact) mass is 365 g/mol. The Balaban J connectivity index is 2.21. The lowest BCUT2D eigenvalue weighted by Gasteiger charge is -2.18. The summed E-state index contributed by atoms with van der Waals surface area (Å²) < 4.78 is 0. The summed E-state index contributed by atoms with van der Waals surface area (Å²) in [5.41, 5.74) is 1.08. The van der Waals surface area contributed by atoms with E-state index < -0.39 is 5.91 Å². The summed E-state index contributed by atoms with van der Waals surface area (Å²) >= 11 is 11.9. The van der Waals surface area contributed by atoms with Crippen LogP contribution in [0.25, 0.3) is 0 Å². The number of hydrogen-bond donors (Lipinski definition) is 1. The van der Waals surface area contributed by atoms with Gasteiger partial charge in [-0.15, -0.1) is 0 Å². The van der Waals surface area contributed by atoms with E-state index in [0.29, 0.717) is 34.4 Å². The molecule has 0 radical (unpaired) electrons. The fourth-order valence-electron chi connectivity index (χ4n) is 2.16. The molecule has 2 amide bonds. The van der Waals surface area contributed by atoms with E-state index in [1.54, 1.807) is 17.0 Å². The number of nitrogens with one attached hydrogen (secondary N) is 1. The second-order valence-corrected chi connectivity index (χ2v) is 5.86. The maximum absolute atomic E-state index is 12.4. The number of carbonyl (C=O) groups excluding carboxylic acids is 2. The molecule has 0 aliphatic rings. The fraction of sp³-hybridized carbons (Fsp3) is 0.235. The van der Waals surface area contributed by atoms with Crippen LogP contribution in [0.3, 0.4) is 0 Å². The SMILES string of the molecule is CCN(CC)C(=O)c1cncc(C(=O)Nc2ccc(Cl)cc2Cl)c1. The van der Waals surface area contributed by atoms with Gasteiger partial charge in [-0.3, -0.25) is 14.6 Å². The van der Waals surface area contributed by atoms with Crippen LogP contribution in [0.5, 0.6) is 0 Å². The zero-order chi connectivity index (χ0) is 17.7. The van der Waals surface area contributed by atoms with Crippen LogP contribution in [-0.4, -0.2) is 34.8 Å². The van der Waals surface area contributed by atoms with E-state index in [0.717, 1.165) is 0 Å². The smallest absolute Gasteiger partial charge is 0.257 e. The number of rotatable bonds is 5. The maximum Gasteiger partial charge on any atom is 0.257 e. The van der Waals surface area contributed by atoms with Gasteiger partial charge in [0.15, 0.2) is 0 Å². The summed E-state index contributed by atoms with van der Waals surface area (Å²) in [6.07, 6.45) is 2.85. The average molecular weight is 366 g/mol. The fourth-order valence-corrected chi connectivity index (χ4v) is 2.62. The number of halogens is 2. The second kappa shape index (κ2) is 8.13. The third-order valence-electron chi connectivity index (χ3n) is 3.48. The van der Waals surface area contributed by atoms with Crippen LogP contribution in [0.2, 0.25) is 10.0 Å². The predicted molar refractivity (Wildman–Crippen MR) is 95.9 cm³/mol. The zero-order valence-electron chi connectivity index (χ0n) is 13.3. The van der Waals surface area contributed by atoms with Crippen LogP contribution in [0.1, 0.15) is 34.6 Å². The molecule has 2 aromatic rings. The molecule has 7 heteroatoms. The van der Waals surface area contributed by atoms with Crippen molar-refractivity contribution in [3.8, 4) is 0 Å². The third kappa shape index (κ3) is 4.24. The number of aromatic nitrogens is 1. The van der Waals surface area contributed by atoms with E-state index in [1.807, 2.05) is 13.8 Å². The van der Waals surface area contributed by atoms with Crippen LogP contribution < -0.4 is 5.32 Å². The van der Waals surface area contributed by atoms with Crippen LogP contribution in [0.15, 0.2) is 36.7 Å². The minimum absolute atomic E-state index is 0.160. The molecular weight excluding hydrogens is 349 g/mol. The van der Waals surface area contributed by atoms with Gasteiger partial charge in [0.2, 0.25) is 0 Å². The Bertz CT molecular complexity index is 761. The number of pyridine rings is 1. The normalized spacial score (nSPS) is 10.3. The van der Waals surface area contributed by atoms with E-state index in [2.05, 4.69) is 10.3 Å². The molecule has 0 saturated heterocycles. The van der Waals surface area contributed by atoms with E-state index >= 15 is 0 Å². The Labute approximate surface area is 150 Å². The predicted octanol–water partition coefficient (Wildman–Crippen LogP) is 4.12. The summed E-state index contributed by atoms with van der Waals surface area (Å²) in [4.78, 5) is 30.4. The second-order valence-electron chi connectivity index (χ2n) is 5.02. The lowest BCUT2D eigenvalue weighted by Crippen LogP contribution is -2.30. The number of benzene rings is 1. The lowest BCUT2D eigenvalue weighted by atomic mass is 10.1. The first-order chi connectivity index (χ1) is 11.5. The van der Waals surface area contributed by atoms with E-state index in [1.165, 1.54) is 24.5 Å². The standard InChI is InChI=1S/C17H17Cl2N3O2/c1-3-22(4-2)17(24)12-7-11(9-20-10-12)16(23)21-15-6-5-13(18)8-14(15)19/h5-10H,3-4H2,1-2H3,(H,21,23). The van der Waals surface area contributed by atoms with Crippen LogP contribution in [0, 0.1) is 0 Å². The summed E-state index contributed by atoms with van der Waals surface area (Å²) in [5.74, 6) is -0.562. The topological polar surface area (TPSA) is 62.3 Å². The number of carbonyl (C=O) groups is 2. The Hall–Kier alpha value is -2.11. The summed E-state index contributed by atoms with van der Waals surface area (Å²) in [6, 6.07) is 6.30. The van der Waals surface area contributed by atoms with Gasteiger partial charge in [0.25, 0.3) is 11.8 Å². The van der Waals surface area contributed by atoms with Crippen LogP contribution in [-0.2, 0) is 0 Å². The highest BCUT2D eigenvalue weighted by atomic mass is 35.5. The van der Waals surface area contributed by atoms with Gasteiger partial charge in [0, 0.05) is 30.5 Å². The Kier molecular flexibility index (Phi) is 6.17. The van der Waals surface area contributed by atoms with Crippen molar-refractivity contribution in [3.63, 3.8) is 0 Å². The molecule has 0 unspecified atom stereocenters. The van der Waals surface area contributed by atoms with Gasteiger partial charge >= 0.3 is 0 Å². The van der Waals surface area contributed by atoms with Gasteiger partial charge in [-0.05, 0) is 38.1 Å². The largest absolute Gasteiger partial charge is 0.339 e. The van der Waals surface area contributed by atoms with Crippen molar-refractivity contribution in [1.82, 2.24) is 9.88 Å². The van der Waals surface area contributed by atoms with E-state index in [9.17, 15) is 9.59 Å². The minimum Gasteiger partial charge on any atom is -0.339 e. The molecule has 0 saturated carbocycles. The molecule has 0 atom stereocenters. The number of hydrogen-bond acceptors (Lipinski definition) is 3. The summed E-state index contributed by atoms with van der Waals surface area (Å²) in [6.45, 7) is 4.97. The molecule has 1 heterocycles. The van der Waals surface area contributed by atoms with Crippen molar-refractivity contribution in [3.05, 3.63) is 57.8 Å². The number of nitrogens with zero attached hydrogens (tertiary/aromatic N) is 2. The van der Waals surface area contributed by atoms with E-state index in [4.69, 9.17) is 23.2 Å². The first kappa shape index (κ1) is 18.2. The molecule has 24 heavy (non-hydrogen) atoms. The van der Waals surface area contributed by atoms with Crippen molar-refractivity contribution < 1.29 is 9.59 Å². The van der Waals surface area contributed by atoms with Gasteiger partial charge in [-0.1, -0.05) is 23.2 Å². The molecule has 5 nitrogen and oxygen atoms in total. The highest BCUT2D eigenvalue weighted by Crippen LogP contribution is 2.25. The molecule has 1 aromatic carbocycles. The molecule has 2 rings (SSSR count). The van der Waals surface area contributed by atoms with Gasteiger partial charge < -0.3 is 10.2 Å². The van der Waals surface area contributed by atoms with Crippen LogP contribution in [0.4, 0.5) is 5.69 Å². The number of anilines is 1. The van der Waals surface area contributed by atoms with Gasteiger partial charge in [0.05, 0.1) is 21.8 Å². The third-order valence-corrected chi connectivity index (χ3v) is 4.03. The first-order valence-electron chi connectivity index (χ1n) is 7.47. The van der Waals surface area contributed by atoms with E-state index in [-0.39, 0.29) is 11.5 Å². The summed E-state index contributed by atoms with van der Waals surface area (Å²) in [7, 11) is 0. The molecule has 0 spiro atoms.